The number of carbonyl (C=O) groups is 1. The molecule has 20 heavy (non-hydrogen) atoms. The van der Waals surface area contributed by atoms with Gasteiger partial charge < -0.3 is 15.0 Å². The van der Waals surface area contributed by atoms with Crippen molar-refractivity contribution in [3.63, 3.8) is 0 Å². The zero-order chi connectivity index (χ0) is 13.9. The fraction of sp³-hybridized carbons (Fsp3) is 0.600. The second kappa shape index (κ2) is 5.79. The summed E-state index contributed by atoms with van der Waals surface area (Å²) < 4.78 is 5.39. The molecule has 1 aromatic rings. The smallest absolute Gasteiger partial charge is 0.261 e. The Bertz CT molecular complexity index is 559. The average Bonchev–Trinajstić information content (AvgIpc) is 2.92. The van der Waals surface area contributed by atoms with Crippen molar-refractivity contribution < 1.29 is 9.53 Å². The zero-order valence-electron chi connectivity index (χ0n) is 11.5. The van der Waals surface area contributed by atoms with E-state index >= 15 is 0 Å². The highest BCUT2D eigenvalue weighted by Gasteiger charge is 2.19. The molecule has 1 amide bonds. The second-order valence-electron chi connectivity index (χ2n) is 5.66. The lowest BCUT2D eigenvalue weighted by atomic mass is 10.0. The fourth-order valence-electron chi connectivity index (χ4n) is 2.98. The molecule has 1 aliphatic heterocycles. The summed E-state index contributed by atoms with van der Waals surface area (Å²) in [6, 6.07) is 1.76. The number of ether oxygens (including phenoxy) is 1. The number of nitrogens with one attached hydrogen (secondary N) is 2. The average molecular weight is 276 g/mol. The van der Waals surface area contributed by atoms with Gasteiger partial charge in [-0.05, 0) is 49.7 Å². The lowest BCUT2D eigenvalue weighted by molar-refractivity contribution is 0.0536. The number of hydrogen-bond donors (Lipinski definition) is 2. The maximum atomic E-state index is 12.1. The van der Waals surface area contributed by atoms with Gasteiger partial charge in [0, 0.05) is 18.8 Å². The molecule has 2 N–H and O–H groups in total. The van der Waals surface area contributed by atoms with E-state index in [1.54, 1.807) is 6.07 Å². The monoisotopic (exact) mass is 276 g/mol. The molecule has 0 radical (unpaired) electrons. The van der Waals surface area contributed by atoms with Gasteiger partial charge in [-0.25, -0.2) is 0 Å². The van der Waals surface area contributed by atoms with Crippen molar-refractivity contribution in [3.8, 4) is 0 Å². The van der Waals surface area contributed by atoms with Crippen molar-refractivity contribution in [2.24, 2.45) is 5.92 Å². The molecule has 0 aromatic carbocycles. The highest BCUT2D eigenvalue weighted by molar-refractivity contribution is 5.94. The molecule has 108 valence electrons. The van der Waals surface area contributed by atoms with Gasteiger partial charge in [-0.3, -0.25) is 9.59 Å². The SMILES string of the molecule is O=C(NCC1CCCOC1)c1cc2c([nH]c1=O)CCC2. The molecule has 0 bridgehead atoms. The van der Waals surface area contributed by atoms with Crippen molar-refractivity contribution in [2.45, 2.75) is 32.1 Å². The van der Waals surface area contributed by atoms with E-state index in [1.165, 1.54) is 0 Å². The maximum absolute atomic E-state index is 12.1. The first-order chi connectivity index (χ1) is 9.74. The van der Waals surface area contributed by atoms with Gasteiger partial charge in [0.1, 0.15) is 5.56 Å². The van der Waals surface area contributed by atoms with Crippen LogP contribution in [0, 0.1) is 5.92 Å². The van der Waals surface area contributed by atoms with E-state index in [4.69, 9.17) is 4.74 Å². The van der Waals surface area contributed by atoms with Gasteiger partial charge in [-0.1, -0.05) is 0 Å². The molecule has 1 atom stereocenters. The summed E-state index contributed by atoms with van der Waals surface area (Å²) in [4.78, 5) is 26.9. The minimum absolute atomic E-state index is 0.238. The van der Waals surface area contributed by atoms with Crippen molar-refractivity contribution in [3.05, 3.63) is 33.2 Å². The summed E-state index contributed by atoms with van der Waals surface area (Å²) in [5, 5.41) is 2.86. The van der Waals surface area contributed by atoms with Crippen molar-refractivity contribution in [1.29, 1.82) is 0 Å². The number of rotatable bonds is 3. The van der Waals surface area contributed by atoms with Gasteiger partial charge in [0.15, 0.2) is 0 Å². The van der Waals surface area contributed by atoms with Crippen molar-refractivity contribution in [2.75, 3.05) is 19.8 Å². The molecule has 0 spiro atoms. The third-order valence-electron chi connectivity index (χ3n) is 4.14. The van der Waals surface area contributed by atoms with Crippen LogP contribution in [-0.2, 0) is 17.6 Å². The number of amides is 1. The van der Waals surface area contributed by atoms with E-state index in [-0.39, 0.29) is 17.0 Å². The van der Waals surface area contributed by atoms with E-state index in [1.807, 2.05) is 0 Å². The molecular weight excluding hydrogens is 256 g/mol. The minimum Gasteiger partial charge on any atom is -0.381 e. The number of aromatic amines is 1. The van der Waals surface area contributed by atoms with Crippen LogP contribution in [0.15, 0.2) is 10.9 Å². The number of carbonyl (C=O) groups excluding carboxylic acids is 1. The summed E-state index contributed by atoms with van der Waals surface area (Å²) in [6.07, 6.45) is 5.02. The number of aryl methyl sites for hydroxylation is 2. The largest absolute Gasteiger partial charge is 0.381 e. The molecule has 1 aliphatic carbocycles. The molecule has 3 rings (SSSR count). The topological polar surface area (TPSA) is 71.2 Å². The Morgan fingerprint density at radius 3 is 3.10 bits per heavy atom. The molecule has 2 aliphatic rings. The zero-order valence-corrected chi connectivity index (χ0v) is 11.5. The second-order valence-corrected chi connectivity index (χ2v) is 5.66. The van der Waals surface area contributed by atoms with Gasteiger partial charge in [0.2, 0.25) is 0 Å². The third-order valence-corrected chi connectivity index (χ3v) is 4.14. The lowest BCUT2D eigenvalue weighted by Crippen LogP contribution is -2.36. The van der Waals surface area contributed by atoms with E-state index in [0.717, 1.165) is 50.0 Å². The number of pyridine rings is 1. The summed E-state index contributed by atoms with van der Waals surface area (Å²) in [5.74, 6) is 0.0905. The summed E-state index contributed by atoms with van der Waals surface area (Å²) in [5.41, 5.74) is 2.06. The van der Waals surface area contributed by atoms with E-state index < -0.39 is 0 Å². The molecule has 1 unspecified atom stereocenters. The number of H-pyrrole nitrogens is 1. The quantitative estimate of drug-likeness (QED) is 0.866. The minimum atomic E-state index is -0.275. The van der Waals surface area contributed by atoms with Gasteiger partial charge in [0.25, 0.3) is 11.5 Å². The van der Waals surface area contributed by atoms with Crippen LogP contribution in [0.5, 0.6) is 0 Å². The van der Waals surface area contributed by atoms with Gasteiger partial charge >= 0.3 is 0 Å². The molecule has 1 saturated heterocycles. The molecule has 2 heterocycles. The van der Waals surface area contributed by atoms with Crippen LogP contribution in [0.25, 0.3) is 0 Å². The van der Waals surface area contributed by atoms with E-state index in [2.05, 4.69) is 10.3 Å². The Morgan fingerprint density at radius 1 is 1.40 bits per heavy atom. The normalized spacial score (nSPS) is 21.5. The molecule has 1 aromatic heterocycles. The highest BCUT2D eigenvalue weighted by atomic mass is 16.5. The molecule has 5 heteroatoms. The van der Waals surface area contributed by atoms with Crippen LogP contribution in [0.2, 0.25) is 0 Å². The van der Waals surface area contributed by atoms with Gasteiger partial charge in [-0.2, -0.15) is 0 Å². The first kappa shape index (κ1) is 13.4. The summed E-state index contributed by atoms with van der Waals surface area (Å²) in [6.45, 7) is 2.09. The maximum Gasteiger partial charge on any atom is 0.261 e. The molecule has 0 saturated carbocycles. The van der Waals surface area contributed by atoms with Crippen LogP contribution in [0.4, 0.5) is 0 Å². The Hall–Kier alpha value is -1.62. The Balaban J connectivity index is 1.66. The first-order valence-corrected chi connectivity index (χ1v) is 7.35. The van der Waals surface area contributed by atoms with Gasteiger partial charge in [-0.15, -0.1) is 0 Å². The van der Waals surface area contributed by atoms with Crippen LogP contribution < -0.4 is 10.9 Å². The van der Waals surface area contributed by atoms with Crippen LogP contribution in [0.1, 0.15) is 40.9 Å². The Morgan fingerprint density at radius 2 is 2.30 bits per heavy atom. The number of fused-ring (bicyclic) bond motifs is 1. The van der Waals surface area contributed by atoms with E-state index in [0.29, 0.717) is 19.1 Å². The predicted molar refractivity (Wildman–Crippen MR) is 75.0 cm³/mol. The summed E-state index contributed by atoms with van der Waals surface area (Å²) >= 11 is 0. The Labute approximate surface area is 117 Å². The molecular formula is C15H20N2O3. The van der Waals surface area contributed by atoms with Crippen LogP contribution in [-0.4, -0.2) is 30.6 Å². The van der Waals surface area contributed by atoms with Crippen LogP contribution >= 0.6 is 0 Å². The number of hydrogen-bond acceptors (Lipinski definition) is 3. The lowest BCUT2D eigenvalue weighted by Gasteiger charge is -2.22. The van der Waals surface area contributed by atoms with E-state index in [9.17, 15) is 9.59 Å². The first-order valence-electron chi connectivity index (χ1n) is 7.35. The third kappa shape index (κ3) is 2.77. The van der Waals surface area contributed by atoms with Gasteiger partial charge in [0.05, 0.1) is 6.61 Å². The fourth-order valence-corrected chi connectivity index (χ4v) is 2.98. The Kier molecular flexibility index (Phi) is 3.87. The molecule has 5 nitrogen and oxygen atoms in total. The number of aromatic nitrogens is 1. The highest BCUT2D eigenvalue weighted by Crippen LogP contribution is 2.19. The van der Waals surface area contributed by atoms with Crippen molar-refractivity contribution >= 4 is 5.91 Å². The summed E-state index contributed by atoms with van der Waals surface area (Å²) in [7, 11) is 0. The standard InChI is InChI=1S/C15H20N2O3/c18-14(16-8-10-3-2-6-20-9-10)12-7-11-4-1-5-13(11)17-15(12)19/h7,10H,1-6,8-9H2,(H,16,18)(H,17,19). The predicted octanol–water partition coefficient (Wildman–Crippen LogP) is 1.02. The van der Waals surface area contributed by atoms with Crippen LogP contribution in [0.3, 0.4) is 0 Å². The molecule has 1 fully saturated rings. The van der Waals surface area contributed by atoms with Crippen molar-refractivity contribution in [1.82, 2.24) is 10.3 Å².